The summed E-state index contributed by atoms with van der Waals surface area (Å²) < 4.78 is 5.38. The van der Waals surface area contributed by atoms with Gasteiger partial charge in [0.15, 0.2) is 0 Å². The highest BCUT2D eigenvalue weighted by molar-refractivity contribution is 6.42. The standard InChI is InChI=1S/C17H23Cl2N3O2/c18-15-2-1-13(9-16(15)19)20-10-17(23)22-6-3-14(11-22)21-12-4-7-24-8-5-12/h1-2,9,12,14,20-21H,3-8,10-11H2. The van der Waals surface area contributed by atoms with Gasteiger partial charge in [0.25, 0.3) is 0 Å². The number of ether oxygens (including phenoxy) is 1. The predicted octanol–water partition coefficient (Wildman–Crippen LogP) is 2.77. The summed E-state index contributed by atoms with van der Waals surface area (Å²) in [6, 6.07) is 6.19. The smallest absolute Gasteiger partial charge is 0.241 e. The van der Waals surface area contributed by atoms with Crippen molar-refractivity contribution in [2.24, 2.45) is 0 Å². The van der Waals surface area contributed by atoms with Crippen molar-refractivity contribution in [1.82, 2.24) is 10.2 Å². The van der Waals surface area contributed by atoms with Crippen LogP contribution >= 0.6 is 23.2 Å². The molecule has 2 aliphatic heterocycles. The van der Waals surface area contributed by atoms with Gasteiger partial charge in [-0.25, -0.2) is 0 Å². The van der Waals surface area contributed by atoms with E-state index in [1.807, 2.05) is 11.0 Å². The first-order valence-corrected chi connectivity index (χ1v) is 9.18. The zero-order valence-corrected chi connectivity index (χ0v) is 15.1. The monoisotopic (exact) mass is 371 g/mol. The van der Waals surface area contributed by atoms with Gasteiger partial charge in [-0.15, -0.1) is 0 Å². The molecule has 2 aliphatic rings. The fourth-order valence-electron chi connectivity index (χ4n) is 3.22. The number of benzene rings is 1. The third-order valence-corrected chi connectivity index (χ3v) is 5.34. The SMILES string of the molecule is O=C(CNc1ccc(Cl)c(Cl)c1)N1CCC(NC2CCOCC2)C1. The lowest BCUT2D eigenvalue weighted by Crippen LogP contribution is -2.44. The van der Waals surface area contributed by atoms with Crippen molar-refractivity contribution < 1.29 is 9.53 Å². The second kappa shape index (κ2) is 8.39. The van der Waals surface area contributed by atoms with E-state index in [0.29, 0.717) is 22.1 Å². The summed E-state index contributed by atoms with van der Waals surface area (Å²) in [7, 11) is 0. The van der Waals surface area contributed by atoms with Crippen LogP contribution in [0.1, 0.15) is 19.3 Å². The first kappa shape index (κ1) is 17.8. The minimum Gasteiger partial charge on any atom is -0.381 e. The lowest BCUT2D eigenvalue weighted by molar-refractivity contribution is -0.128. The predicted molar refractivity (Wildman–Crippen MR) is 96.9 cm³/mol. The van der Waals surface area contributed by atoms with Gasteiger partial charge >= 0.3 is 0 Å². The average Bonchev–Trinajstić information content (AvgIpc) is 3.05. The van der Waals surface area contributed by atoms with E-state index in [0.717, 1.165) is 51.3 Å². The van der Waals surface area contributed by atoms with Gasteiger partial charge < -0.3 is 20.3 Å². The molecule has 2 saturated heterocycles. The summed E-state index contributed by atoms with van der Waals surface area (Å²) in [4.78, 5) is 14.3. The Balaban J connectivity index is 1.43. The van der Waals surface area contributed by atoms with Crippen LogP contribution in [0.5, 0.6) is 0 Å². The van der Waals surface area contributed by atoms with Crippen molar-refractivity contribution in [2.75, 3.05) is 38.2 Å². The molecule has 0 spiro atoms. The van der Waals surface area contributed by atoms with E-state index in [-0.39, 0.29) is 12.5 Å². The summed E-state index contributed by atoms with van der Waals surface area (Å²) in [5.74, 6) is 0.109. The molecule has 0 radical (unpaired) electrons. The van der Waals surface area contributed by atoms with Gasteiger partial charge in [-0.3, -0.25) is 4.79 Å². The van der Waals surface area contributed by atoms with Crippen LogP contribution in [0.3, 0.4) is 0 Å². The van der Waals surface area contributed by atoms with Gasteiger partial charge in [-0.05, 0) is 37.5 Å². The Labute approximate surface area is 152 Å². The topological polar surface area (TPSA) is 53.6 Å². The van der Waals surface area contributed by atoms with Crippen molar-refractivity contribution in [3.63, 3.8) is 0 Å². The van der Waals surface area contributed by atoms with Crippen molar-refractivity contribution in [1.29, 1.82) is 0 Å². The normalized spacial score (nSPS) is 21.9. The summed E-state index contributed by atoms with van der Waals surface area (Å²) >= 11 is 11.9. The number of hydrogen-bond donors (Lipinski definition) is 2. The number of nitrogens with one attached hydrogen (secondary N) is 2. The van der Waals surface area contributed by atoms with E-state index < -0.39 is 0 Å². The zero-order valence-electron chi connectivity index (χ0n) is 13.6. The maximum Gasteiger partial charge on any atom is 0.241 e. The van der Waals surface area contributed by atoms with Gasteiger partial charge in [0, 0.05) is 44.1 Å². The second-order valence-electron chi connectivity index (χ2n) is 6.36. The van der Waals surface area contributed by atoms with Gasteiger partial charge in [-0.2, -0.15) is 0 Å². The summed E-state index contributed by atoms with van der Waals surface area (Å²) in [6.45, 7) is 3.52. The first-order valence-electron chi connectivity index (χ1n) is 8.42. The molecule has 3 rings (SSSR count). The summed E-state index contributed by atoms with van der Waals surface area (Å²) in [5.41, 5.74) is 0.800. The number of carbonyl (C=O) groups excluding carboxylic acids is 1. The van der Waals surface area contributed by atoms with Crippen LogP contribution in [0.4, 0.5) is 5.69 Å². The molecular weight excluding hydrogens is 349 g/mol. The van der Waals surface area contributed by atoms with Crippen molar-refractivity contribution in [3.05, 3.63) is 28.2 Å². The second-order valence-corrected chi connectivity index (χ2v) is 7.18. The first-order chi connectivity index (χ1) is 11.6. The van der Waals surface area contributed by atoms with E-state index in [4.69, 9.17) is 27.9 Å². The average molecular weight is 372 g/mol. The van der Waals surface area contributed by atoms with E-state index >= 15 is 0 Å². The quantitative estimate of drug-likeness (QED) is 0.835. The number of halogens is 2. The molecule has 1 unspecified atom stereocenters. The molecule has 1 aromatic rings. The molecule has 1 atom stereocenters. The third kappa shape index (κ3) is 4.76. The van der Waals surface area contributed by atoms with Gasteiger partial charge in [0.1, 0.15) is 0 Å². The number of amides is 1. The molecule has 5 nitrogen and oxygen atoms in total. The maximum atomic E-state index is 12.4. The molecule has 2 heterocycles. The lowest BCUT2D eigenvalue weighted by Gasteiger charge is -2.26. The zero-order chi connectivity index (χ0) is 16.9. The van der Waals surface area contributed by atoms with Crippen molar-refractivity contribution in [2.45, 2.75) is 31.3 Å². The van der Waals surface area contributed by atoms with E-state index in [1.54, 1.807) is 12.1 Å². The van der Waals surface area contributed by atoms with E-state index in [1.165, 1.54) is 0 Å². The van der Waals surface area contributed by atoms with Crippen LogP contribution in [0.25, 0.3) is 0 Å². The molecule has 24 heavy (non-hydrogen) atoms. The molecule has 1 amide bonds. The van der Waals surface area contributed by atoms with Crippen molar-refractivity contribution in [3.8, 4) is 0 Å². The minimum atomic E-state index is 0.109. The number of hydrogen-bond acceptors (Lipinski definition) is 4. The molecule has 0 bridgehead atoms. The summed E-state index contributed by atoms with van der Waals surface area (Å²) in [5, 5.41) is 7.77. The lowest BCUT2D eigenvalue weighted by atomic mass is 10.1. The number of rotatable bonds is 5. The molecule has 132 valence electrons. The van der Waals surface area contributed by atoms with Crippen LogP contribution in [0.2, 0.25) is 10.0 Å². The molecule has 2 N–H and O–H groups in total. The van der Waals surface area contributed by atoms with Gasteiger partial charge in [0.05, 0.1) is 16.6 Å². The van der Waals surface area contributed by atoms with Gasteiger partial charge in [0.2, 0.25) is 5.91 Å². The fraction of sp³-hybridized carbons (Fsp3) is 0.588. The van der Waals surface area contributed by atoms with E-state index in [9.17, 15) is 4.79 Å². The highest BCUT2D eigenvalue weighted by Crippen LogP contribution is 2.25. The molecule has 1 aromatic carbocycles. The van der Waals surface area contributed by atoms with E-state index in [2.05, 4.69) is 10.6 Å². The molecule has 0 aliphatic carbocycles. The summed E-state index contributed by atoms with van der Waals surface area (Å²) in [6.07, 6.45) is 3.13. The Bertz CT molecular complexity index is 579. The van der Waals surface area contributed by atoms with Crippen LogP contribution in [0.15, 0.2) is 18.2 Å². The number of anilines is 1. The third-order valence-electron chi connectivity index (χ3n) is 4.60. The highest BCUT2D eigenvalue weighted by Gasteiger charge is 2.28. The molecule has 7 heteroatoms. The Morgan fingerprint density at radius 2 is 1.96 bits per heavy atom. The van der Waals surface area contributed by atoms with Crippen LogP contribution < -0.4 is 10.6 Å². The Hall–Kier alpha value is -1.01. The Morgan fingerprint density at radius 1 is 1.17 bits per heavy atom. The van der Waals surface area contributed by atoms with Gasteiger partial charge in [-0.1, -0.05) is 23.2 Å². The Morgan fingerprint density at radius 3 is 2.71 bits per heavy atom. The number of carbonyl (C=O) groups is 1. The van der Waals surface area contributed by atoms with Crippen molar-refractivity contribution >= 4 is 34.8 Å². The largest absolute Gasteiger partial charge is 0.381 e. The number of likely N-dealkylation sites (tertiary alicyclic amines) is 1. The molecule has 2 fully saturated rings. The fourth-order valence-corrected chi connectivity index (χ4v) is 3.51. The minimum absolute atomic E-state index is 0.109. The Kier molecular flexibility index (Phi) is 6.22. The molecule has 0 aromatic heterocycles. The van der Waals surface area contributed by atoms with Crippen LogP contribution in [-0.2, 0) is 9.53 Å². The van der Waals surface area contributed by atoms with Crippen LogP contribution in [0, 0.1) is 0 Å². The molecule has 0 saturated carbocycles. The highest BCUT2D eigenvalue weighted by atomic mass is 35.5. The molecular formula is C17H23Cl2N3O2. The van der Waals surface area contributed by atoms with Crippen LogP contribution in [-0.4, -0.2) is 55.7 Å². The number of nitrogens with zero attached hydrogens (tertiary/aromatic N) is 1. The maximum absolute atomic E-state index is 12.4.